The highest BCUT2D eigenvalue weighted by Gasteiger charge is 2.48. The number of methoxy groups -OCH3 is 1. The van der Waals surface area contributed by atoms with Gasteiger partial charge in [-0.15, -0.1) is 0 Å². The number of benzene rings is 1. The molecule has 1 aromatic rings. The summed E-state index contributed by atoms with van der Waals surface area (Å²) in [7, 11) is 1.54. The lowest BCUT2D eigenvalue weighted by atomic mass is 9.62. The van der Waals surface area contributed by atoms with Crippen molar-refractivity contribution >= 4 is 17.3 Å². The smallest absolute Gasteiger partial charge is 0.163 e. The molecule has 5 nitrogen and oxygen atoms in total. The topological polar surface area (TPSA) is 80.7 Å². The Labute approximate surface area is 172 Å². The largest absolute Gasteiger partial charge is 0.512 e. The van der Waals surface area contributed by atoms with Crippen molar-refractivity contribution in [1.82, 2.24) is 0 Å². The summed E-state index contributed by atoms with van der Waals surface area (Å²) in [6, 6.07) is 7.09. The highest BCUT2D eigenvalue weighted by Crippen LogP contribution is 2.47. The summed E-state index contributed by atoms with van der Waals surface area (Å²) in [5.41, 5.74) is 0.111. The number of hydrogen-bond acceptors (Lipinski definition) is 5. The first kappa shape index (κ1) is 21.3. The van der Waals surface area contributed by atoms with Crippen molar-refractivity contribution < 1.29 is 24.2 Å². The zero-order chi connectivity index (χ0) is 21.6. The summed E-state index contributed by atoms with van der Waals surface area (Å²) < 4.78 is 5.32. The van der Waals surface area contributed by atoms with Crippen molar-refractivity contribution in [2.45, 2.75) is 59.3 Å². The monoisotopic (exact) mass is 398 g/mol. The lowest BCUT2D eigenvalue weighted by Crippen LogP contribution is -2.43. The number of ether oxygens (including phenoxy) is 1. The van der Waals surface area contributed by atoms with E-state index >= 15 is 0 Å². The Morgan fingerprint density at radius 2 is 1.55 bits per heavy atom. The Morgan fingerprint density at radius 3 is 2.10 bits per heavy atom. The highest BCUT2D eigenvalue weighted by molar-refractivity contribution is 6.09. The normalized spacial score (nSPS) is 23.3. The van der Waals surface area contributed by atoms with E-state index in [1.54, 1.807) is 31.4 Å². The average Bonchev–Trinajstić information content (AvgIpc) is 2.57. The molecule has 5 heteroatoms. The minimum Gasteiger partial charge on any atom is -0.512 e. The molecule has 0 bridgehead atoms. The maximum Gasteiger partial charge on any atom is 0.163 e. The second kappa shape index (κ2) is 7.43. The van der Waals surface area contributed by atoms with Crippen molar-refractivity contribution in [2.75, 3.05) is 7.11 Å². The van der Waals surface area contributed by atoms with Crippen LogP contribution in [0.1, 0.15) is 64.9 Å². The van der Waals surface area contributed by atoms with Crippen LogP contribution >= 0.6 is 0 Å². The molecule has 1 fully saturated rings. The number of ketones is 3. The van der Waals surface area contributed by atoms with Gasteiger partial charge in [-0.05, 0) is 28.5 Å². The fourth-order valence-electron chi connectivity index (χ4n) is 4.79. The van der Waals surface area contributed by atoms with E-state index in [9.17, 15) is 19.5 Å². The summed E-state index contributed by atoms with van der Waals surface area (Å²) in [6.07, 6.45) is 1.16. The summed E-state index contributed by atoms with van der Waals surface area (Å²) in [5.74, 6) is -1.72. The zero-order valence-electron chi connectivity index (χ0n) is 17.9. The molecule has 1 aromatic carbocycles. The van der Waals surface area contributed by atoms with Gasteiger partial charge < -0.3 is 9.84 Å². The van der Waals surface area contributed by atoms with Crippen LogP contribution in [0.15, 0.2) is 35.6 Å². The number of carbonyl (C=O) groups is 3. The van der Waals surface area contributed by atoms with Crippen LogP contribution in [0.2, 0.25) is 0 Å². The van der Waals surface area contributed by atoms with Crippen LogP contribution in [-0.2, 0) is 14.4 Å². The molecule has 0 aliphatic heterocycles. The van der Waals surface area contributed by atoms with Gasteiger partial charge in [0.1, 0.15) is 23.1 Å². The molecule has 0 saturated heterocycles. The van der Waals surface area contributed by atoms with Gasteiger partial charge >= 0.3 is 0 Å². The van der Waals surface area contributed by atoms with Crippen molar-refractivity contribution in [2.24, 2.45) is 16.7 Å². The molecular formula is C24H30O5. The van der Waals surface area contributed by atoms with E-state index in [4.69, 9.17) is 4.74 Å². The first-order valence-electron chi connectivity index (χ1n) is 10.1. The third-order valence-corrected chi connectivity index (χ3v) is 5.99. The minimum absolute atomic E-state index is 0.00972. The van der Waals surface area contributed by atoms with Crippen LogP contribution < -0.4 is 4.74 Å². The molecule has 156 valence electrons. The molecule has 1 atom stereocenters. The molecule has 0 aromatic heterocycles. The maximum atomic E-state index is 13.1. The van der Waals surface area contributed by atoms with Gasteiger partial charge in [0, 0.05) is 37.2 Å². The van der Waals surface area contributed by atoms with Crippen molar-refractivity contribution in [3.63, 3.8) is 0 Å². The third-order valence-electron chi connectivity index (χ3n) is 5.99. The summed E-state index contributed by atoms with van der Waals surface area (Å²) in [4.78, 5) is 39.3. The second-order valence-electron chi connectivity index (χ2n) is 9.98. The molecule has 2 aliphatic carbocycles. The minimum atomic E-state index is -0.961. The van der Waals surface area contributed by atoms with E-state index in [1.807, 2.05) is 27.7 Å². The maximum absolute atomic E-state index is 13.1. The zero-order valence-corrected chi connectivity index (χ0v) is 17.9. The number of rotatable bonds is 4. The lowest BCUT2D eigenvalue weighted by Gasteiger charge is -2.39. The Hall–Kier alpha value is -2.43. The molecule has 29 heavy (non-hydrogen) atoms. The number of aliphatic hydroxyl groups excluding tert-OH is 1. The number of aliphatic hydroxyl groups is 1. The standard InChI is InChI=1S/C24H30O5/c1-23(2)10-16(25)21(17(26)11-23)20(14-7-6-8-15(9-14)29-5)22-18(27)12-24(3,4)13-19(22)28/h6-9,20-21,27H,10-13H2,1-5H3/t20-/m0/s1. The molecule has 3 rings (SSSR count). The molecular weight excluding hydrogens is 368 g/mol. The fourth-order valence-corrected chi connectivity index (χ4v) is 4.79. The van der Waals surface area contributed by atoms with Crippen molar-refractivity contribution in [1.29, 1.82) is 0 Å². The summed E-state index contributed by atoms with van der Waals surface area (Å²) in [5, 5.41) is 10.8. The molecule has 1 N–H and O–H groups in total. The van der Waals surface area contributed by atoms with Gasteiger partial charge in [-0.2, -0.15) is 0 Å². The molecule has 0 amide bonds. The van der Waals surface area contributed by atoms with Gasteiger partial charge in [0.2, 0.25) is 0 Å². The summed E-state index contributed by atoms with van der Waals surface area (Å²) >= 11 is 0. The van der Waals surface area contributed by atoms with Crippen LogP contribution in [0.25, 0.3) is 0 Å². The predicted octanol–water partition coefficient (Wildman–Crippen LogP) is 4.55. The van der Waals surface area contributed by atoms with Gasteiger partial charge in [0.05, 0.1) is 13.0 Å². The SMILES string of the molecule is COc1cccc([C@H](C2=C(O)CC(C)(C)CC2=O)C2C(=O)CC(C)(C)CC2=O)c1. The first-order chi connectivity index (χ1) is 13.4. The van der Waals surface area contributed by atoms with Gasteiger partial charge in [-0.25, -0.2) is 0 Å². The fraction of sp³-hybridized carbons (Fsp3) is 0.542. The van der Waals surface area contributed by atoms with E-state index in [0.29, 0.717) is 17.7 Å². The van der Waals surface area contributed by atoms with Crippen LogP contribution in [0.5, 0.6) is 5.75 Å². The van der Waals surface area contributed by atoms with Gasteiger partial charge in [-0.1, -0.05) is 39.8 Å². The number of hydrogen-bond donors (Lipinski definition) is 1. The quantitative estimate of drug-likeness (QED) is 0.752. The van der Waals surface area contributed by atoms with E-state index in [0.717, 1.165) is 0 Å². The third kappa shape index (κ3) is 4.29. The van der Waals surface area contributed by atoms with Crippen molar-refractivity contribution in [3.05, 3.63) is 41.2 Å². The van der Waals surface area contributed by atoms with E-state index in [-0.39, 0.29) is 53.4 Å². The van der Waals surface area contributed by atoms with Crippen LogP contribution in [0.3, 0.4) is 0 Å². The second-order valence-corrected chi connectivity index (χ2v) is 9.98. The Bertz CT molecular complexity index is 870. The van der Waals surface area contributed by atoms with Crippen LogP contribution in [-0.4, -0.2) is 29.6 Å². The number of allylic oxidation sites excluding steroid dienone is 2. The molecule has 0 spiro atoms. The highest BCUT2D eigenvalue weighted by atomic mass is 16.5. The molecule has 2 aliphatic rings. The van der Waals surface area contributed by atoms with E-state index in [1.165, 1.54) is 0 Å². The molecule has 1 saturated carbocycles. The first-order valence-corrected chi connectivity index (χ1v) is 10.1. The van der Waals surface area contributed by atoms with Gasteiger partial charge in [0.15, 0.2) is 5.78 Å². The average molecular weight is 398 g/mol. The Balaban J connectivity index is 2.17. The number of carbonyl (C=O) groups excluding carboxylic acids is 3. The Morgan fingerprint density at radius 1 is 0.966 bits per heavy atom. The van der Waals surface area contributed by atoms with Gasteiger partial charge in [0.25, 0.3) is 0 Å². The predicted molar refractivity (Wildman–Crippen MR) is 110 cm³/mol. The van der Waals surface area contributed by atoms with E-state index in [2.05, 4.69) is 0 Å². The molecule has 0 radical (unpaired) electrons. The Kier molecular flexibility index (Phi) is 5.46. The van der Waals surface area contributed by atoms with Crippen LogP contribution in [0, 0.1) is 16.7 Å². The van der Waals surface area contributed by atoms with E-state index < -0.39 is 17.3 Å². The number of Topliss-reactive ketones (excluding diaryl/α,β-unsaturated/α-hetero) is 3. The molecule has 0 unspecified atom stereocenters. The van der Waals surface area contributed by atoms with Gasteiger partial charge in [-0.3, -0.25) is 14.4 Å². The van der Waals surface area contributed by atoms with Crippen molar-refractivity contribution in [3.8, 4) is 5.75 Å². The summed E-state index contributed by atoms with van der Waals surface area (Å²) in [6.45, 7) is 7.67. The van der Waals surface area contributed by atoms with Crippen LogP contribution in [0.4, 0.5) is 0 Å². The molecule has 0 heterocycles. The lowest BCUT2D eigenvalue weighted by molar-refractivity contribution is -0.140.